The zero-order valence-corrected chi connectivity index (χ0v) is 14.8. The molecule has 3 rings (SSSR count). The Hall–Kier alpha value is -1.51. The van der Waals surface area contributed by atoms with Crippen LogP contribution in [0, 0.1) is 12.8 Å². The highest BCUT2D eigenvalue weighted by Crippen LogP contribution is 2.22. The third kappa shape index (κ3) is 2.98. The fourth-order valence-electron chi connectivity index (χ4n) is 3.18. The Morgan fingerprint density at radius 2 is 2.13 bits per heavy atom. The summed E-state index contributed by atoms with van der Waals surface area (Å²) in [7, 11) is -1.78. The first-order valence-corrected chi connectivity index (χ1v) is 9.34. The molecule has 8 heteroatoms. The fourth-order valence-corrected chi connectivity index (χ4v) is 4.49. The molecule has 0 aromatic carbocycles. The number of rotatable bonds is 4. The van der Waals surface area contributed by atoms with Crippen molar-refractivity contribution in [3.63, 3.8) is 0 Å². The summed E-state index contributed by atoms with van der Waals surface area (Å²) in [5.41, 5.74) is 1.46. The molecule has 0 aliphatic carbocycles. The molecule has 2 aromatic rings. The number of aryl methyl sites for hydroxylation is 2. The lowest BCUT2D eigenvalue weighted by Gasteiger charge is -2.16. The van der Waals surface area contributed by atoms with Gasteiger partial charge in [-0.3, -0.25) is 4.68 Å². The molecule has 1 N–H and O–H groups in total. The van der Waals surface area contributed by atoms with Crippen molar-refractivity contribution < 1.29 is 8.42 Å². The van der Waals surface area contributed by atoms with E-state index >= 15 is 0 Å². The van der Waals surface area contributed by atoms with Gasteiger partial charge in [-0.15, -0.1) is 0 Å². The van der Waals surface area contributed by atoms with Crippen LogP contribution in [-0.4, -0.2) is 53.8 Å². The minimum absolute atomic E-state index is 0.0642. The van der Waals surface area contributed by atoms with Gasteiger partial charge in [0.2, 0.25) is 10.0 Å². The van der Waals surface area contributed by atoms with Gasteiger partial charge in [0, 0.05) is 37.8 Å². The maximum Gasteiger partial charge on any atom is 0.242 e. The average molecular weight is 337 g/mol. The van der Waals surface area contributed by atoms with Gasteiger partial charge in [0.05, 0.1) is 5.69 Å². The minimum Gasteiger partial charge on any atom is -0.302 e. The number of sulfonamides is 1. The van der Waals surface area contributed by atoms with Crippen LogP contribution in [0.2, 0.25) is 0 Å². The van der Waals surface area contributed by atoms with Gasteiger partial charge >= 0.3 is 0 Å². The summed E-state index contributed by atoms with van der Waals surface area (Å²) in [4.78, 5) is 6.72. The van der Waals surface area contributed by atoms with Crippen molar-refractivity contribution in [1.82, 2.24) is 24.4 Å². The summed E-state index contributed by atoms with van der Waals surface area (Å²) in [6.45, 7) is 8.63. The summed E-state index contributed by atoms with van der Waals surface area (Å²) in [5, 5.41) is 5.05. The number of hydrogen-bond donors (Lipinski definition) is 1. The number of hydrogen-bond acceptors (Lipinski definition) is 5. The molecule has 0 saturated carbocycles. The quantitative estimate of drug-likeness (QED) is 0.896. The summed E-state index contributed by atoms with van der Waals surface area (Å²) in [6.07, 6.45) is 1.41. The maximum absolute atomic E-state index is 12.7. The number of fused-ring (bicyclic) bond motifs is 1. The van der Waals surface area contributed by atoms with E-state index in [1.165, 1.54) is 6.20 Å². The third-order valence-electron chi connectivity index (χ3n) is 4.59. The first-order valence-electron chi connectivity index (χ1n) is 7.86. The molecule has 1 aliphatic rings. The number of aromatic nitrogens is 3. The molecule has 0 amide bonds. The van der Waals surface area contributed by atoms with Gasteiger partial charge in [0.25, 0.3) is 0 Å². The second kappa shape index (κ2) is 5.85. The lowest BCUT2D eigenvalue weighted by Crippen LogP contribution is -2.39. The second-order valence-electron chi connectivity index (χ2n) is 6.31. The van der Waals surface area contributed by atoms with Crippen LogP contribution in [0.15, 0.2) is 17.2 Å². The van der Waals surface area contributed by atoms with E-state index in [0.29, 0.717) is 11.6 Å². The Balaban J connectivity index is 1.89. The molecule has 1 aliphatic heterocycles. The third-order valence-corrected chi connectivity index (χ3v) is 6.05. The number of nitrogens with zero attached hydrogens (tertiary/aromatic N) is 4. The number of pyridine rings is 1. The van der Waals surface area contributed by atoms with E-state index in [4.69, 9.17) is 0 Å². The monoisotopic (exact) mass is 337 g/mol. The molecule has 1 saturated heterocycles. The largest absolute Gasteiger partial charge is 0.302 e. The van der Waals surface area contributed by atoms with Crippen LogP contribution in [0.5, 0.6) is 0 Å². The molecule has 2 atom stereocenters. The number of nitrogens with one attached hydrogen (secondary N) is 1. The van der Waals surface area contributed by atoms with Gasteiger partial charge in [0.1, 0.15) is 4.90 Å². The first kappa shape index (κ1) is 16.4. The lowest BCUT2D eigenvalue weighted by atomic mass is 10.1. The molecule has 2 unspecified atom stereocenters. The van der Waals surface area contributed by atoms with E-state index in [2.05, 4.69) is 33.6 Å². The summed E-state index contributed by atoms with van der Waals surface area (Å²) >= 11 is 0. The minimum atomic E-state index is -3.58. The van der Waals surface area contributed by atoms with Crippen molar-refractivity contribution in [1.29, 1.82) is 0 Å². The predicted octanol–water partition coefficient (Wildman–Crippen LogP) is 0.895. The highest BCUT2D eigenvalue weighted by molar-refractivity contribution is 7.89. The Morgan fingerprint density at radius 3 is 2.78 bits per heavy atom. The van der Waals surface area contributed by atoms with Gasteiger partial charge in [-0.05, 0) is 25.5 Å². The molecule has 23 heavy (non-hydrogen) atoms. The SMILES string of the molecule is CCN1CC(C)C(NS(=O)(=O)c2cnc3c(c2)c(C)nn3C)C1. The zero-order chi connectivity index (χ0) is 16.8. The smallest absolute Gasteiger partial charge is 0.242 e. The summed E-state index contributed by atoms with van der Waals surface area (Å²) in [5.74, 6) is 0.293. The van der Waals surface area contributed by atoms with Crippen LogP contribution in [0.4, 0.5) is 0 Å². The van der Waals surface area contributed by atoms with Crippen LogP contribution in [0.3, 0.4) is 0 Å². The molecule has 3 heterocycles. The summed E-state index contributed by atoms with van der Waals surface area (Å²) in [6, 6.07) is 1.59. The molecule has 126 valence electrons. The van der Waals surface area contributed by atoms with Crippen molar-refractivity contribution >= 4 is 21.1 Å². The molecular formula is C15H23N5O2S. The topological polar surface area (TPSA) is 80.1 Å². The number of likely N-dealkylation sites (tertiary alicyclic amines) is 1. The van der Waals surface area contributed by atoms with E-state index in [0.717, 1.165) is 30.7 Å². The van der Waals surface area contributed by atoms with E-state index < -0.39 is 10.0 Å². The molecule has 7 nitrogen and oxygen atoms in total. The highest BCUT2D eigenvalue weighted by atomic mass is 32.2. The number of likely N-dealkylation sites (N-methyl/N-ethyl adjacent to an activating group) is 1. The van der Waals surface area contributed by atoms with E-state index in [9.17, 15) is 8.42 Å². The van der Waals surface area contributed by atoms with Crippen LogP contribution in [-0.2, 0) is 17.1 Å². The Labute approximate surface area is 136 Å². The standard InChI is InChI=1S/C15H23N5O2S/c1-5-20-8-10(2)14(9-20)18-23(21,22)12-6-13-11(3)17-19(4)15(13)16-7-12/h6-7,10,14,18H,5,8-9H2,1-4H3. The Kier molecular flexibility index (Phi) is 4.16. The van der Waals surface area contributed by atoms with Gasteiger partial charge in [-0.1, -0.05) is 13.8 Å². The van der Waals surface area contributed by atoms with Crippen molar-refractivity contribution in [2.24, 2.45) is 13.0 Å². The van der Waals surface area contributed by atoms with Crippen LogP contribution in [0.1, 0.15) is 19.5 Å². The Bertz CT molecular complexity index is 830. The van der Waals surface area contributed by atoms with Gasteiger partial charge in [-0.25, -0.2) is 18.1 Å². The van der Waals surface area contributed by atoms with Gasteiger partial charge in [0.15, 0.2) is 5.65 Å². The second-order valence-corrected chi connectivity index (χ2v) is 8.02. The van der Waals surface area contributed by atoms with Crippen LogP contribution in [0.25, 0.3) is 11.0 Å². The zero-order valence-electron chi connectivity index (χ0n) is 13.9. The summed E-state index contributed by atoms with van der Waals surface area (Å²) < 4.78 is 29.9. The first-order chi connectivity index (χ1) is 10.8. The average Bonchev–Trinajstić information content (AvgIpc) is 2.99. The van der Waals surface area contributed by atoms with Gasteiger partial charge in [-0.2, -0.15) is 5.10 Å². The van der Waals surface area contributed by atoms with Crippen LogP contribution >= 0.6 is 0 Å². The van der Waals surface area contributed by atoms with Gasteiger partial charge < -0.3 is 4.90 Å². The van der Waals surface area contributed by atoms with E-state index in [1.54, 1.807) is 17.8 Å². The molecule has 0 bridgehead atoms. The van der Waals surface area contributed by atoms with Crippen molar-refractivity contribution in [2.75, 3.05) is 19.6 Å². The highest BCUT2D eigenvalue weighted by Gasteiger charge is 2.32. The molecule has 0 radical (unpaired) electrons. The maximum atomic E-state index is 12.7. The molecule has 1 fully saturated rings. The lowest BCUT2D eigenvalue weighted by molar-refractivity contribution is 0.344. The molecular weight excluding hydrogens is 314 g/mol. The van der Waals surface area contributed by atoms with E-state index in [-0.39, 0.29) is 10.9 Å². The van der Waals surface area contributed by atoms with Crippen molar-refractivity contribution in [3.8, 4) is 0 Å². The molecule has 2 aromatic heterocycles. The predicted molar refractivity (Wildman–Crippen MR) is 88.6 cm³/mol. The van der Waals surface area contributed by atoms with Crippen LogP contribution < -0.4 is 4.72 Å². The van der Waals surface area contributed by atoms with E-state index in [1.807, 2.05) is 6.92 Å². The normalized spacial score (nSPS) is 23.0. The van der Waals surface area contributed by atoms with Crippen molar-refractivity contribution in [3.05, 3.63) is 18.0 Å². The Morgan fingerprint density at radius 1 is 1.39 bits per heavy atom. The van der Waals surface area contributed by atoms with Crippen molar-refractivity contribution in [2.45, 2.75) is 31.7 Å². The fraction of sp³-hybridized carbons (Fsp3) is 0.600. The molecule has 0 spiro atoms.